The van der Waals surface area contributed by atoms with Crippen LogP contribution in [0.15, 0.2) is 47.9 Å². The van der Waals surface area contributed by atoms with Crippen LogP contribution in [0.5, 0.6) is 0 Å². The fourth-order valence-electron chi connectivity index (χ4n) is 2.52. The topological polar surface area (TPSA) is 55.2 Å². The molecule has 0 atom stereocenters. The summed E-state index contributed by atoms with van der Waals surface area (Å²) < 4.78 is 1.58. The molecule has 26 heavy (non-hydrogen) atoms. The molecule has 1 amide bonds. The maximum Gasteiger partial charge on any atom is 0.263 e. The number of allylic oxidation sites excluding steroid dienone is 1. The molecule has 0 aliphatic heterocycles. The minimum Gasteiger partial charge on any atom is -0.335 e. The molecule has 0 saturated heterocycles. The molecular formula is C19H23N3O2S2. The lowest BCUT2D eigenvalue weighted by Gasteiger charge is -2.19. The van der Waals surface area contributed by atoms with E-state index in [1.807, 2.05) is 13.8 Å². The van der Waals surface area contributed by atoms with E-state index < -0.39 is 0 Å². The Bertz CT molecular complexity index is 902. The molecule has 0 unspecified atom stereocenters. The molecule has 0 aliphatic rings. The number of hydrogen-bond donors (Lipinski definition) is 0. The smallest absolute Gasteiger partial charge is 0.263 e. The summed E-state index contributed by atoms with van der Waals surface area (Å²) in [6.07, 6.45) is 5.03. The predicted octanol–water partition coefficient (Wildman–Crippen LogP) is 3.55. The van der Waals surface area contributed by atoms with Gasteiger partial charge in [-0.05, 0) is 19.4 Å². The van der Waals surface area contributed by atoms with Crippen molar-refractivity contribution in [1.82, 2.24) is 14.5 Å². The highest BCUT2D eigenvalue weighted by atomic mass is 32.2. The van der Waals surface area contributed by atoms with Crippen molar-refractivity contribution in [2.75, 3.05) is 18.8 Å². The van der Waals surface area contributed by atoms with Gasteiger partial charge in [0.1, 0.15) is 4.83 Å². The van der Waals surface area contributed by atoms with Crippen LogP contribution in [0.1, 0.15) is 10.4 Å². The number of thioether (sulfide) groups is 1. The van der Waals surface area contributed by atoms with Gasteiger partial charge in [0.05, 0.1) is 11.1 Å². The number of fused-ring (bicyclic) bond motifs is 1. The summed E-state index contributed by atoms with van der Waals surface area (Å²) in [6, 6.07) is 0. The fourth-order valence-corrected chi connectivity index (χ4v) is 4.50. The number of carbonyl (C=O) groups excluding carboxylic acids is 1. The van der Waals surface area contributed by atoms with Crippen LogP contribution < -0.4 is 5.56 Å². The third kappa shape index (κ3) is 4.16. The van der Waals surface area contributed by atoms with Gasteiger partial charge in [-0.2, -0.15) is 0 Å². The lowest BCUT2D eigenvalue weighted by molar-refractivity contribution is -0.127. The Balaban J connectivity index is 2.36. The van der Waals surface area contributed by atoms with Gasteiger partial charge in [-0.1, -0.05) is 30.0 Å². The maximum absolute atomic E-state index is 12.9. The first-order chi connectivity index (χ1) is 12.4. The number of rotatable bonds is 9. The van der Waals surface area contributed by atoms with Crippen LogP contribution in [0.25, 0.3) is 10.2 Å². The van der Waals surface area contributed by atoms with Gasteiger partial charge in [0.15, 0.2) is 5.16 Å². The van der Waals surface area contributed by atoms with Crippen molar-refractivity contribution in [3.63, 3.8) is 0 Å². The SMILES string of the molecule is C=CCN(CC=C)C(=O)CSc1nc2sc(C)c(C)c2c(=O)n1CC=C. The average molecular weight is 390 g/mol. The van der Waals surface area contributed by atoms with Crippen LogP contribution in [0.3, 0.4) is 0 Å². The minimum absolute atomic E-state index is 0.0483. The Morgan fingerprint density at radius 1 is 1.23 bits per heavy atom. The predicted molar refractivity (Wildman–Crippen MR) is 111 cm³/mol. The fraction of sp³-hybridized carbons (Fsp3) is 0.316. The third-order valence-electron chi connectivity index (χ3n) is 3.94. The summed E-state index contributed by atoms with van der Waals surface area (Å²) in [5, 5.41) is 1.19. The van der Waals surface area contributed by atoms with Gasteiger partial charge in [0, 0.05) is 24.5 Å². The standard InChI is InChI=1S/C19H23N3O2S2/c1-6-9-21(10-7-2)15(23)12-25-19-20-17-16(13(4)14(5)26-17)18(24)22(19)11-8-3/h6-8H,1-3,9-12H2,4-5H3. The average Bonchev–Trinajstić information content (AvgIpc) is 2.89. The number of hydrogen-bond acceptors (Lipinski definition) is 5. The van der Waals surface area contributed by atoms with E-state index in [4.69, 9.17) is 0 Å². The maximum atomic E-state index is 12.9. The van der Waals surface area contributed by atoms with Gasteiger partial charge in [-0.3, -0.25) is 14.2 Å². The van der Waals surface area contributed by atoms with Crippen molar-refractivity contribution < 1.29 is 4.79 Å². The van der Waals surface area contributed by atoms with Gasteiger partial charge in [-0.15, -0.1) is 31.1 Å². The van der Waals surface area contributed by atoms with E-state index in [0.717, 1.165) is 10.4 Å². The molecule has 2 rings (SSSR count). The van der Waals surface area contributed by atoms with Crippen molar-refractivity contribution >= 4 is 39.2 Å². The summed E-state index contributed by atoms with van der Waals surface area (Å²) in [4.78, 5) is 33.4. The molecule has 0 spiro atoms. The molecule has 0 N–H and O–H groups in total. The number of aromatic nitrogens is 2. The van der Waals surface area contributed by atoms with E-state index in [9.17, 15) is 9.59 Å². The van der Waals surface area contributed by atoms with Crippen LogP contribution in [0.4, 0.5) is 0 Å². The van der Waals surface area contributed by atoms with Crippen molar-refractivity contribution in [2.45, 2.75) is 25.5 Å². The highest BCUT2D eigenvalue weighted by Gasteiger charge is 2.18. The normalized spacial score (nSPS) is 10.7. The lowest BCUT2D eigenvalue weighted by atomic mass is 10.2. The number of thiophene rings is 1. The van der Waals surface area contributed by atoms with E-state index in [1.54, 1.807) is 27.7 Å². The minimum atomic E-state index is -0.0826. The molecule has 0 radical (unpaired) electrons. The van der Waals surface area contributed by atoms with E-state index in [-0.39, 0.29) is 17.2 Å². The summed E-state index contributed by atoms with van der Waals surface area (Å²) in [5.74, 6) is 0.146. The summed E-state index contributed by atoms with van der Waals surface area (Å²) in [6.45, 7) is 16.3. The van der Waals surface area contributed by atoms with Crippen LogP contribution in [-0.2, 0) is 11.3 Å². The summed E-state index contributed by atoms with van der Waals surface area (Å²) in [5.41, 5.74) is 0.886. The molecular weight excluding hydrogens is 366 g/mol. The Kier molecular flexibility index (Phi) is 6.99. The van der Waals surface area contributed by atoms with Crippen LogP contribution >= 0.6 is 23.1 Å². The lowest BCUT2D eigenvalue weighted by Crippen LogP contribution is -2.33. The molecule has 5 nitrogen and oxygen atoms in total. The Hall–Kier alpha value is -2.12. The number of amides is 1. The zero-order chi connectivity index (χ0) is 19.3. The van der Waals surface area contributed by atoms with Gasteiger partial charge in [-0.25, -0.2) is 4.98 Å². The van der Waals surface area contributed by atoms with E-state index in [1.165, 1.54) is 23.1 Å². The highest BCUT2D eigenvalue weighted by molar-refractivity contribution is 7.99. The first kappa shape index (κ1) is 20.2. The van der Waals surface area contributed by atoms with Gasteiger partial charge < -0.3 is 4.90 Å². The Morgan fingerprint density at radius 2 is 1.88 bits per heavy atom. The Morgan fingerprint density at radius 3 is 2.46 bits per heavy atom. The molecule has 2 aromatic rings. The first-order valence-corrected chi connectivity index (χ1v) is 9.98. The van der Waals surface area contributed by atoms with Crippen molar-refractivity contribution in [3.8, 4) is 0 Å². The van der Waals surface area contributed by atoms with E-state index in [0.29, 0.717) is 35.0 Å². The monoisotopic (exact) mass is 389 g/mol. The van der Waals surface area contributed by atoms with Gasteiger partial charge in [0.2, 0.25) is 5.91 Å². The van der Waals surface area contributed by atoms with Gasteiger partial charge >= 0.3 is 0 Å². The summed E-state index contributed by atoms with van der Waals surface area (Å²) >= 11 is 2.78. The Labute approximate surface area is 161 Å². The molecule has 7 heteroatoms. The zero-order valence-corrected chi connectivity index (χ0v) is 16.8. The quantitative estimate of drug-likeness (QED) is 0.374. The van der Waals surface area contributed by atoms with E-state index >= 15 is 0 Å². The molecule has 138 valence electrons. The molecule has 0 bridgehead atoms. The molecule has 0 fully saturated rings. The zero-order valence-electron chi connectivity index (χ0n) is 15.2. The number of nitrogens with zero attached hydrogens (tertiary/aromatic N) is 3. The highest BCUT2D eigenvalue weighted by Crippen LogP contribution is 2.28. The first-order valence-electron chi connectivity index (χ1n) is 8.18. The van der Waals surface area contributed by atoms with E-state index in [2.05, 4.69) is 24.7 Å². The third-order valence-corrected chi connectivity index (χ3v) is 6.00. The summed E-state index contributed by atoms with van der Waals surface area (Å²) in [7, 11) is 0. The number of aryl methyl sites for hydroxylation is 2. The molecule has 0 aliphatic carbocycles. The molecule has 2 aromatic heterocycles. The number of carbonyl (C=O) groups is 1. The molecule has 0 saturated carbocycles. The molecule has 2 heterocycles. The van der Waals surface area contributed by atoms with Crippen molar-refractivity contribution in [2.24, 2.45) is 0 Å². The van der Waals surface area contributed by atoms with Gasteiger partial charge in [0.25, 0.3) is 5.56 Å². The second-order valence-corrected chi connectivity index (χ2v) is 7.87. The largest absolute Gasteiger partial charge is 0.335 e. The van der Waals surface area contributed by atoms with Crippen LogP contribution in [0, 0.1) is 13.8 Å². The van der Waals surface area contributed by atoms with Crippen molar-refractivity contribution in [3.05, 3.63) is 58.8 Å². The second-order valence-electron chi connectivity index (χ2n) is 5.73. The molecule has 0 aromatic carbocycles. The second kappa shape index (κ2) is 9.00. The van der Waals surface area contributed by atoms with Crippen LogP contribution in [0.2, 0.25) is 0 Å². The van der Waals surface area contributed by atoms with Crippen molar-refractivity contribution in [1.29, 1.82) is 0 Å². The van der Waals surface area contributed by atoms with Crippen LogP contribution in [-0.4, -0.2) is 39.2 Å².